The van der Waals surface area contributed by atoms with Gasteiger partial charge in [0.15, 0.2) is 0 Å². The fraction of sp³-hybridized carbons (Fsp3) is 0.571. The average molecular weight is 601 g/mol. The highest BCUT2D eigenvalue weighted by molar-refractivity contribution is 5.70. The summed E-state index contributed by atoms with van der Waals surface area (Å²) in [5.41, 5.74) is -3.00. The third kappa shape index (κ3) is 7.43. The Morgan fingerprint density at radius 1 is 1.00 bits per heavy atom. The minimum absolute atomic E-state index is 0.0612. The van der Waals surface area contributed by atoms with Crippen LogP contribution in [0.5, 0.6) is 0 Å². The Bertz CT molecular complexity index is 1260. The normalized spacial score (nSPS) is 21.3. The molecule has 1 amide bonds. The van der Waals surface area contributed by atoms with Crippen molar-refractivity contribution in [2.75, 3.05) is 25.0 Å². The first-order valence-corrected chi connectivity index (χ1v) is 13.6. The van der Waals surface area contributed by atoms with Gasteiger partial charge >= 0.3 is 18.4 Å². The molecule has 14 heteroatoms. The summed E-state index contributed by atoms with van der Waals surface area (Å²) >= 11 is 0. The molecule has 2 aromatic rings. The summed E-state index contributed by atoms with van der Waals surface area (Å²) in [6, 6.07) is 0.755. The maximum Gasteiger partial charge on any atom is 0.416 e. The maximum absolute atomic E-state index is 13.6. The van der Waals surface area contributed by atoms with E-state index in [1.807, 2.05) is 14.0 Å². The van der Waals surface area contributed by atoms with E-state index in [2.05, 4.69) is 15.1 Å². The number of amides is 1. The monoisotopic (exact) mass is 600 g/mol. The third-order valence-electron chi connectivity index (χ3n) is 7.18. The molecule has 0 bridgehead atoms. The lowest BCUT2D eigenvalue weighted by Gasteiger charge is -2.30. The van der Waals surface area contributed by atoms with Crippen molar-refractivity contribution in [2.24, 2.45) is 5.10 Å². The standard InChI is InChI=1S/C28H34F6N6O2/c1-6-22-10-23(16-40(22)25(41)42-26(2,3)4)39(24-35-11-18(12-36-24)19-13-37-38(5)15-19)14-17-7-20(27(29,30)31)9-21(8-17)28(32,33)34/h7-9,11-13,19,22-23H,6,10,14-16H2,1-5H3/t19?,22-,23+/m1/s1. The number of likely N-dealkylation sites (N-methyl/N-ethyl adjacent to an activating group) is 1. The quantitative estimate of drug-likeness (QED) is 0.361. The van der Waals surface area contributed by atoms with E-state index in [1.165, 1.54) is 0 Å². The molecule has 1 unspecified atom stereocenters. The summed E-state index contributed by atoms with van der Waals surface area (Å²) in [6.07, 6.45) is -4.64. The van der Waals surface area contributed by atoms with Crippen molar-refractivity contribution in [2.45, 2.75) is 83.0 Å². The van der Waals surface area contributed by atoms with Gasteiger partial charge in [-0.1, -0.05) is 6.92 Å². The molecule has 1 aromatic carbocycles. The molecule has 3 atom stereocenters. The van der Waals surface area contributed by atoms with E-state index < -0.39 is 41.2 Å². The van der Waals surface area contributed by atoms with Crippen molar-refractivity contribution in [3.8, 4) is 0 Å². The lowest BCUT2D eigenvalue weighted by atomic mass is 10.0. The van der Waals surface area contributed by atoms with Crippen LogP contribution >= 0.6 is 0 Å². The smallest absolute Gasteiger partial charge is 0.416 e. The number of aromatic nitrogens is 2. The first kappa shape index (κ1) is 31.4. The van der Waals surface area contributed by atoms with E-state index in [1.54, 1.807) is 54.2 Å². The Labute approximate surface area is 240 Å². The number of benzene rings is 1. The van der Waals surface area contributed by atoms with Crippen LogP contribution in [0.1, 0.15) is 68.7 Å². The number of alkyl halides is 6. The molecule has 0 aliphatic carbocycles. The van der Waals surface area contributed by atoms with Gasteiger partial charge in [0.05, 0.1) is 17.2 Å². The first-order valence-electron chi connectivity index (χ1n) is 13.6. The van der Waals surface area contributed by atoms with Gasteiger partial charge in [-0.2, -0.15) is 31.4 Å². The summed E-state index contributed by atoms with van der Waals surface area (Å²) in [7, 11) is 1.82. The minimum atomic E-state index is -4.98. The number of hydrogen-bond donors (Lipinski definition) is 0. The van der Waals surface area contributed by atoms with Gasteiger partial charge in [0.2, 0.25) is 5.95 Å². The van der Waals surface area contributed by atoms with Crippen molar-refractivity contribution in [1.29, 1.82) is 0 Å². The molecule has 0 spiro atoms. The van der Waals surface area contributed by atoms with Gasteiger partial charge in [-0.25, -0.2) is 14.8 Å². The summed E-state index contributed by atoms with van der Waals surface area (Å²) in [4.78, 5) is 25.1. The zero-order valence-corrected chi connectivity index (χ0v) is 24.0. The SMILES string of the molecule is CC[C@@H]1C[C@H](N(Cc2cc(C(F)(F)F)cc(C(F)(F)F)c2)c2ncc(C3C=NN(C)C3)cn2)CN1C(=O)OC(C)(C)C. The number of ether oxygens (including phenoxy) is 1. The number of carbonyl (C=O) groups excluding carboxylic acids is 1. The van der Waals surface area contributed by atoms with Crippen molar-refractivity contribution in [3.05, 3.63) is 52.8 Å². The van der Waals surface area contributed by atoms with Crippen LogP contribution in [0.3, 0.4) is 0 Å². The second kappa shape index (κ2) is 11.6. The number of hydrogen-bond acceptors (Lipinski definition) is 7. The number of likely N-dealkylation sites (tertiary alicyclic amines) is 1. The van der Waals surface area contributed by atoms with E-state index in [0.29, 0.717) is 31.5 Å². The third-order valence-corrected chi connectivity index (χ3v) is 7.18. The highest BCUT2D eigenvalue weighted by atomic mass is 19.4. The largest absolute Gasteiger partial charge is 0.444 e. The number of carbonyl (C=O) groups is 1. The van der Waals surface area contributed by atoms with Crippen LogP contribution in [0.2, 0.25) is 0 Å². The molecule has 0 saturated carbocycles. The Balaban J connectivity index is 1.71. The van der Waals surface area contributed by atoms with E-state index in [-0.39, 0.29) is 42.6 Å². The number of rotatable bonds is 6. The summed E-state index contributed by atoms with van der Waals surface area (Å²) in [5, 5.41) is 5.96. The van der Waals surface area contributed by atoms with E-state index in [9.17, 15) is 31.1 Å². The Morgan fingerprint density at radius 3 is 2.07 bits per heavy atom. The van der Waals surface area contributed by atoms with Gasteiger partial charge in [0, 0.05) is 57.2 Å². The predicted octanol–water partition coefficient (Wildman–Crippen LogP) is 6.32. The van der Waals surface area contributed by atoms with Crippen molar-refractivity contribution in [3.63, 3.8) is 0 Å². The fourth-order valence-electron chi connectivity index (χ4n) is 5.16. The molecule has 1 aromatic heterocycles. The van der Waals surface area contributed by atoms with Crippen molar-refractivity contribution < 1.29 is 35.9 Å². The van der Waals surface area contributed by atoms with Gasteiger partial charge < -0.3 is 14.5 Å². The Hall–Kier alpha value is -3.58. The fourth-order valence-corrected chi connectivity index (χ4v) is 5.16. The second-order valence-corrected chi connectivity index (χ2v) is 11.7. The van der Waals surface area contributed by atoms with Gasteiger partial charge in [-0.3, -0.25) is 5.01 Å². The van der Waals surface area contributed by atoms with Gasteiger partial charge in [0.1, 0.15) is 5.60 Å². The Morgan fingerprint density at radius 2 is 1.60 bits per heavy atom. The molecule has 0 N–H and O–H groups in total. The molecule has 3 heterocycles. The van der Waals surface area contributed by atoms with Crippen molar-refractivity contribution >= 4 is 18.3 Å². The molecule has 4 rings (SSSR count). The molecular weight excluding hydrogens is 566 g/mol. The number of hydrazone groups is 1. The molecular formula is C28H34F6N6O2. The summed E-state index contributed by atoms with van der Waals surface area (Å²) in [5.74, 6) is 0.0628. The van der Waals surface area contributed by atoms with Crippen molar-refractivity contribution in [1.82, 2.24) is 19.9 Å². The molecule has 2 aliphatic heterocycles. The van der Waals surface area contributed by atoms with Gasteiger partial charge in [-0.05, 0) is 62.9 Å². The number of halogens is 6. The van der Waals surface area contributed by atoms with Crippen LogP contribution in [-0.2, 0) is 23.6 Å². The Kier molecular flexibility index (Phi) is 8.66. The molecule has 2 aliphatic rings. The zero-order valence-electron chi connectivity index (χ0n) is 24.0. The van der Waals surface area contributed by atoms with E-state index >= 15 is 0 Å². The molecule has 8 nitrogen and oxygen atoms in total. The lowest BCUT2D eigenvalue weighted by Crippen LogP contribution is -2.42. The first-order chi connectivity index (χ1) is 19.4. The topological polar surface area (TPSA) is 74.2 Å². The average Bonchev–Trinajstić information content (AvgIpc) is 3.52. The van der Waals surface area contributed by atoms with E-state index in [4.69, 9.17) is 4.74 Å². The van der Waals surface area contributed by atoms with E-state index in [0.717, 1.165) is 5.56 Å². The lowest BCUT2D eigenvalue weighted by molar-refractivity contribution is -0.143. The highest BCUT2D eigenvalue weighted by Crippen LogP contribution is 2.37. The molecule has 230 valence electrons. The summed E-state index contributed by atoms with van der Waals surface area (Å²) in [6.45, 7) is 7.50. The molecule has 1 fully saturated rings. The van der Waals surface area contributed by atoms with Crippen LogP contribution in [-0.4, -0.2) is 70.0 Å². The van der Waals surface area contributed by atoms with Gasteiger partial charge in [0.25, 0.3) is 0 Å². The summed E-state index contributed by atoms with van der Waals surface area (Å²) < 4.78 is 87.2. The number of anilines is 1. The second-order valence-electron chi connectivity index (χ2n) is 11.7. The molecule has 1 saturated heterocycles. The zero-order chi connectivity index (χ0) is 31.0. The predicted molar refractivity (Wildman–Crippen MR) is 144 cm³/mol. The van der Waals surface area contributed by atoms with Crippen LogP contribution in [0, 0.1) is 0 Å². The number of nitrogens with zero attached hydrogens (tertiary/aromatic N) is 6. The molecule has 42 heavy (non-hydrogen) atoms. The van der Waals surface area contributed by atoms with Crippen LogP contribution in [0.4, 0.5) is 37.1 Å². The van der Waals surface area contributed by atoms with Gasteiger partial charge in [-0.15, -0.1) is 0 Å². The molecule has 0 radical (unpaired) electrons. The van der Waals surface area contributed by atoms with Crippen LogP contribution in [0.25, 0.3) is 0 Å². The highest BCUT2D eigenvalue weighted by Gasteiger charge is 2.41. The van der Waals surface area contributed by atoms with Crippen LogP contribution < -0.4 is 4.90 Å². The van der Waals surface area contributed by atoms with Crippen LogP contribution in [0.15, 0.2) is 35.7 Å². The minimum Gasteiger partial charge on any atom is -0.444 e. The maximum atomic E-state index is 13.6.